The van der Waals surface area contributed by atoms with Crippen molar-refractivity contribution < 1.29 is 19.1 Å². The molecule has 2 rings (SSSR count). The maximum absolute atomic E-state index is 12.6. The summed E-state index contributed by atoms with van der Waals surface area (Å²) in [7, 11) is 0. The topological polar surface area (TPSA) is 84.5 Å². The van der Waals surface area contributed by atoms with Gasteiger partial charge in [-0.05, 0) is 25.0 Å². The third-order valence-electron chi connectivity index (χ3n) is 3.52. The van der Waals surface area contributed by atoms with Crippen molar-refractivity contribution >= 4 is 17.9 Å². The minimum absolute atomic E-state index is 0.106. The highest BCUT2D eigenvalue weighted by atomic mass is 16.5. The van der Waals surface area contributed by atoms with Gasteiger partial charge in [-0.3, -0.25) is 14.9 Å². The Morgan fingerprint density at radius 2 is 1.38 bits per heavy atom. The predicted molar refractivity (Wildman–Crippen MR) is 97.5 cm³/mol. The number of ether oxygens (including phenoxy) is 1. The second-order valence-electron chi connectivity index (χ2n) is 6.04. The van der Waals surface area contributed by atoms with Crippen LogP contribution in [0, 0.1) is 0 Å². The summed E-state index contributed by atoms with van der Waals surface area (Å²) >= 11 is 0. The van der Waals surface area contributed by atoms with Crippen molar-refractivity contribution in [2.45, 2.75) is 25.8 Å². The highest BCUT2D eigenvalue weighted by Gasteiger charge is 2.25. The van der Waals surface area contributed by atoms with E-state index >= 15 is 0 Å². The quantitative estimate of drug-likeness (QED) is 0.781. The molecule has 26 heavy (non-hydrogen) atoms. The van der Waals surface area contributed by atoms with E-state index in [-0.39, 0.29) is 6.04 Å². The Morgan fingerprint density at radius 3 is 1.85 bits per heavy atom. The largest absolute Gasteiger partial charge is 0.455 e. The Hall–Kier alpha value is -3.15. The molecule has 0 aromatic heterocycles. The van der Waals surface area contributed by atoms with Crippen LogP contribution in [0.2, 0.25) is 0 Å². The molecule has 0 aliphatic heterocycles. The number of nitrogens with one attached hydrogen (secondary N) is 2. The molecule has 0 aliphatic rings. The number of benzene rings is 2. The first kappa shape index (κ1) is 19.2. The number of hydrogen-bond donors (Lipinski definition) is 2. The van der Waals surface area contributed by atoms with Crippen LogP contribution in [-0.4, -0.2) is 30.6 Å². The minimum atomic E-state index is -0.684. The third-order valence-corrected chi connectivity index (χ3v) is 3.52. The lowest BCUT2D eigenvalue weighted by Gasteiger charge is -2.17. The molecule has 2 aromatic carbocycles. The second-order valence-corrected chi connectivity index (χ2v) is 6.04. The molecule has 2 aromatic rings. The van der Waals surface area contributed by atoms with Gasteiger partial charge in [0.25, 0.3) is 5.91 Å². The monoisotopic (exact) mass is 354 g/mol. The first-order chi connectivity index (χ1) is 12.5. The van der Waals surface area contributed by atoms with E-state index in [0.717, 1.165) is 11.1 Å². The number of urea groups is 1. The summed E-state index contributed by atoms with van der Waals surface area (Å²) in [5.74, 6) is -1.88. The molecule has 0 radical (unpaired) electrons. The molecule has 0 saturated carbocycles. The van der Waals surface area contributed by atoms with Crippen LogP contribution < -0.4 is 10.6 Å². The van der Waals surface area contributed by atoms with E-state index in [1.165, 1.54) is 0 Å². The summed E-state index contributed by atoms with van der Waals surface area (Å²) in [6, 6.07) is 17.6. The normalized spacial score (nSPS) is 10.5. The number of esters is 1. The minimum Gasteiger partial charge on any atom is -0.455 e. The van der Waals surface area contributed by atoms with Gasteiger partial charge in [-0.15, -0.1) is 0 Å². The van der Waals surface area contributed by atoms with Gasteiger partial charge in [0.05, 0.1) is 0 Å². The van der Waals surface area contributed by atoms with Gasteiger partial charge in [0.1, 0.15) is 5.92 Å². The number of hydrogen-bond acceptors (Lipinski definition) is 4. The van der Waals surface area contributed by atoms with Gasteiger partial charge in [-0.2, -0.15) is 0 Å². The lowest BCUT2D eigenvalue weighted by Crippen LogP contribution is -2.44. The number of carbonyl (C=O) groups excluding carboxylic acids is 3. The third kappa shape index (κ3) is 5.73. The zero-order valence-electron chi connectivity index (χ0n) is 14.8. The lowest BCUT2D eigenvalue weighted by atomic mass is 9.91. The van der Waals surface area contributed by atoms with Crippen LogP contribution in [-0.2, 0) is 14.3 Å². The Morgan fingerprint density at radius 1 is 0.885 bits per heavy atom. The van der Waals surface area contributed by atoms with E-state index in [1.807, 2.05) is 60.7 Å². The zero-order chi connectivity index (χ0) is 18.9. The fourth-order valence-electron chi connectivity index (χ4n) is 2.44. The smallest absolute Gasteiger partial charge is 0.321 e. The SMILES string of the molecule is CC(C)NC(=O)NC(=O)COC(=O)C(c1ccccc1)c1ccccc1. The molecule has 2 N–H and O–H groups in total. The second kappa shape index (κ2) is 9.36. The van der Waals surface area contributed by atoms with Crippen LogP contribution in [0.25, 0.3) is 0 Å². The average molecular weight is 354 g/mol. The van der Waals surface area contributed by atoms with Crippen molar-refractivity contribution in [3.8, 4) is 0 Å². The molecule has 3 amide bonds. The summed E-state index contributed by atoms with van der Waals surface area (Å²) in [5, 5.41) is 4.64. The number of carbonyl (C=O) groups is 3. The van der Waals surface area contributed by atoms with Crippen molar-refractivity contribution in [3.63, 3.8) is 0 Å². The molecule has 0 unspecified atom stereocenters. The summed E-state index contributed by atoms with van der Waals surface area (Å²) in [6.07, 6.45) is 0. The van der Waals surface area contributed by atoms with Crippen molar-refractivity contribution in [2.24, 2.45) is 0 Å². The Kier molecular flexibility index (Phi) is 6.91. The maximum atomic E-state index is 12.6. The molecule has 0 atom stereocenters. The predicted octanol–water partition coefficient (Wildman–Crippen LogP) is 2.60. The van der Waals surface area contributed by atoms with E-state index in [4.69, 9.17) is 4.74 Å². The standard InChI is InChI=1S/C20H22N2O4/c1-14(2)21-20(25)22-17(23)13-26-19(24)18(15-9-5-3-6-10-15)16-11-7-4-8-12-16/h3-12,14,18H,13H2,1-2H3,(H2,21,22,23,25). The van der Waals surface area contributed by atoms with Crippen LogP contribution in [0.4, 0.5) is 4.79 Å². The number of rotatable bonds is 6. The summed E-state index contributed by atoms with van der Waals surface area (Å²) in [6.45, 7) is 3.02. The highest BCUT2D eigenvalue weighted by Crippen LogP contribution is 2.25. The summed E-state index contributed by atoms with van der Waals surface area (Å²) in [5.41, 5.74) is 1.53. The molecular weight excluding hydrogens is 332 g/mol. The first-order valence-corrected chi connectivity index (χ1v) is 8.34. The van der Waals surface area contributed by atoms with E-state index in [2.05, 4.69) is 10.6 Å². The van der Waals surface area contributed by atoms with E-state index in [9.17, 15) is 14.4 Å². The Bertz CT molecular complexity index is 705. The molecule has 0 heterocycles. The van der Waals surface area contributed by atoms with Crippen LogP contribution in [0.1, 0.15) is 30.9 Å². The lowest BCUT2D eigenvalue weighted by molar-refractivity contribution is -0.148. The molecule has 0 bridgehead atoms. The fraction of sp³-hybridized carbons (Fsp3) is 0.250. The molecule has 0 aliphatic carbocycles. The van der Waals surface area contributed by atoms with Crippen molar-refractivity contribution in [1.82, 2.24) is 10.6 Å². The summed E-state index contributed by atoms with van der Waals surface area (Å²) in [4.78, 5) is 35.9. The molecular formula is C20H22N2O4. The Labute approximate surface area is 152 Å². The van der Waals surface area contributed by atoms with Gasteiger partial charge in [-0.25, -0.2) is 4.79 Å². The van der Waals surface area contributed by atoms with Crippen molar-refractivity contribution in [1.29, 1.82) is 0 Å². The summed E-state index contributed by atoms with van der Waals surface area (Å²) < 4.78 is 5.15. The van der Waals surface area contributed by atoms with Gasteiger partial charge in [-0.1, -0.05) is 60.7 Å². The number of amides is 3. The van der Waals surface area contributed by atoms with E-state index in [0.29, 0.717) is 0 Å². The highest BCUT2D eigenvalue weighted by molar-refractivity contribution is 5.96. The van der Waals surface area contributed by atoms with Gasteiger partial charge >= 0.3 is 12.0 Å². The molecule has 0 spiro atoms. The van der Waals surface area contributed by atoms with Crippen molar-refractivity contribution in [3.05, 3.63) is 71.8 Å². The number of imide groups is 1. The fourth-order valence-corrected chi connectivity index (χ4v) is 2.44. The van der Waals surface area contributed by atoms with Gasteiger partial charge in [0.2, 0.25) is 0 Å². The Balaban J connectivity index is 2.04. The van der Waals surface area contributed by atoms with Crippen LogP contribution in [0.3, 0.4) is 0 Å². The molecule has 136 valence electrons. The molecule has 0 fully saturated rings. The van der Waals surface area contributed by atoms with Gasteiger partial charge in [0, 0.05) is 6.04 Å². The van der Waals surface area contributed by atoms with Gasteiger partial charge < -0.3 is 10.1 Å². The van der Waals surface area contributed by atoms with E-state index < -0.39 is 30.4 Å². The molecule has 6 heteroatoms. The molecule has 0 saturated heterocycles. The van der Waals surface area contributed by atoms with Crippen LogP contribution >= 0.6 is 0 Å². The van der Waals surface area contributed by atoms with Crippen LogP contribution in [0.15, 0.2) is 60.7 Å². The van der Waals surface area contributed by atoms with Crippen molar-refractivity contribution in [2.75, 3.05) is 6.61 Å². The maximum Gasteiger partial charge on any atom is 0.321 e. The van der Waals surface area contributed by atoms with Gasteiger partial charge in [0.15, 0.2) is 6.61 Å². The average Bonchev–Trinajstić information content (AvgIpc) is 2.61. The zero-order valence-corrected chi connectivity index (χ0v) is 14.8. The van der Waals surface area contributed by atoms with Crippen LogP contribution in [0.5, 0.6) is 0 Å². The molecule has 6 nitrogen and oxygen atoms in total. The van der Waals surface area contributed by atoms with E-state index in [1.54, 1.807) is 13.8 Å². The first-order valence-electron chi connectivity index (χ1n) is 8.34.